The highest BCUT2D eigenvalue weighted by Crippen LogP contribution is 2.29. The Morgan fingerprint density at radius 2 is 2.12 bits per heavy atom. The lowest BCUT2D eigenvalue weighted by molar-refractivity contribution is 0.166. The molecule has 24 heavy (non-hydrogen) atoms. The molecule has 5 nitrogen and oxygen atoms in total. The van der Waals surface area contributed by atoms with Crippen LogP contribution < -0.4 is 5.43 Å². The molecule has 0 aliphatic carbocycles. The lowest BCUT2D eigenvalue weighted by Gasteiger charge is -2.37. The van der Waals surface area contributed by atoms with E-state index in [1.54, 1.807) is 0 Å². The molecule has 0 amide bonds. The van der Waals surface area contributed by atoms with Crippen molar-refractivity contribution in [2.75, 3.05) is 19.8 Å². The number of piperidine rings is 1. The predicted molar refractivity (Wildman–Crippen MR) is 101 cm³/mol. The minimum atomic E-state index is 0.524. The van der Waals surface area contributed by atoms with E-state index in [-0.39, 0.29) is 0 Å². The molecule has 1 N–H and O–H groups in total. The van der Waals surface area contributed by atoms with Crippen molar-refractivity contribution in [3.63, 3.8) is 0 Å². The minimum Gasteiger partial charge on any atom is -0.298 e. The molecule has 1 unspecified atom stereocenters. The first kappa shape index (κ1) is 16.0. The second kappa shape index (κ2) is 6.78. The van der Waals surface area contributed by atoms with Crippen LogP contribution in [0.15, 0.2) is 50.5 Å². The van der Waals surface area contributed by atoms with Crippen LogP contribution in [0.3, 0.4) is 0 Å². The summed E-state index contributed by atoms with van der Waals surface area (Å²) in [6.45, 7) is 5.94. The first-order valence-corrected chi connectivity index (χ1v) is 9.30. The smallest absolute Gasteiger partial charge is 0.241 e. The van der Waals surface area contributed by atoms with Gasteiger partial charge in [-0.2, -0.15) is 0 Å². The van der Waals surface area contributed by atoms with E-state index >= 15 is 0 Å². The van der Waals surface area contributed by atoms with Gasteiger partial charge in [0.2, 0.25) is 5.96 Å². The van der Waals surface area contributed by atoms with Crippen LogP contribution in [0.25, 0.3) is 0 Å². The van der Waals surface area contributed by atoms with Gasteiger partial charge in [0.15, 0.2) is 0 Å². The van der Waals surface area contributed by atoms with Gasteiger partial charge in [-0.15, -0.1) is 0 Å². The molecule has 0 spiro atoms. The van der Waals surface area contributed by atoms with E-state index in [2.05, 4.69) is 78.5 Å². The summed E-state index contributed by atoms with van der Waals surface area (Å²) in [5.74, 6) is 1.34. The zero-order chi connectivity index (χ0) is 16.5. The lowest BCUT2D eigenvalue weighted by Crippen LogP contribution is -2.45. The van der Waals surface area contributed by atoms with Crippen LogP contribution in [0.2, 0.25) is 0 Å². The zero-order valence-corrected chi connectivity index (χ0v) is 15.5. The molecule has 1 aromatic carbocycles. The second-order valence-corrected chi connectivity index (χ2v) is 7.55. The molecule has 126 valence electrons. The first-order chi connectivity index (χ1) is 11.7. The van der Waals surface area contributed by atoms with Gasteiger partial charge in [-0.05, 0) is 50.1 Å². The van der Waals surface area contributed by atoms with Crippen molar-refractivity contribution in [3.8, 4) is 0 Å². The van der Waals surface area contributed by atoms with E-state index in [1.165, 1.54) is 30.6 Å². The molecule has 1 saturated heterocycles. The molecule has 3 aliphatic heterocycles. The molecule has 6 heteroatoms. The zero-order valence-electron chi connectivity index (χ0n) is 13.9. The van der Waals surface area contributed by atoms with Gasteiger partial charge >= 0.3 is 0 Å². The van der Waals surface area contributed by atoms with Crippen LogP contribution in [0.1, 0.15) is 25.3 Å². The van der Waals surface area contributed by atoms with Gasteiger partial charge in [0.05, 0.1) is 0 Å². The summed E-state index contributed by atoms with van der Waals surface area (Å²) >= 11 is 3.51. The number of nitrogens with one attached hydrogen (secondary N) is 1. The number of benzene rings is 1. The maximum Gasteiger partial charge on any atom is 0.241 e. The lowest BCUT2D eigenvalue weighted by atomic mass is 9.92. The molecular formula is C18H22BrN5. The molecule has 1 aromatic rings. The Balaban J connectivity index is 1.47. The average Bonchev–Trinajstić information content (AvgIpc) is 3.05. The fourth-order valence-electron chi connectivity index (χ4n) is 3.67. The van der Waals surface area contributed by atoms with Crippen LogP contribution >= 0.6 is 15.9 Å². The average molecular weight is 388 g/mol. The van der Waals surface area contributed by atoms with Gasteiger partial charge in [0.25, 0.3) is 0 Å². The van der Waals surface area contributed by atoms with Crippen molar-refractivity contribution >= 4 is 27.6 Å². The summed E-state index contributed by atoms with van der Waals surface area (Å²) < 4.78 is 1.14. The number of halogens is 1. The first-order valence-electron chi connectivity index (χ1n) is 8.51. The molecule has 1 atom stereocenters. The minimum absolute atomic E-state index is 0.524. The van der Waals surface area contributed by atoms with Crippen molar-refractivity contribution in [1.29, 1.82) is 0 Å². The summed E-state index contributed by atoms with van der Waals surface area (Å²) in [4.78, 5) is 11.5. The van der Waals surface area contributed by atoms with E-state index in [1.807, 2.05) is 0 Å². The SMILES string of the molecule is CC1=NC2=NCNN2C(C2CCCN(Cc3ccc(Br)cc3)C2)=C1. The number of likely N-dealkylation sites (tertiary alicyclic amines) is 1. The van der Waals surface area contributed by atoms with Crippen LogP contribution in [0.5, 0.6) is 0 Å². The van der Waals surface area contributed by atoms with Gasteiger partial charge in [-0.25, -0.2) is 20.4 Å². The van der Waals surface area contributed by atoms with Crippen LogP contribution in [-0.4, -0.2) is 41.3 Å². The highest BCUT2D eigenvalue weighted by Gasteiger charge is 2.32. The number of aliphatic imine (C=N–C) groups is 2. The quantitative estimate of drug-likeness (QED) is 0.865. The van der Waals surface area contributed by atoms with E-state index in [9.17, 15) is 0 Å². The number of hydrogen-bond acceptors (Lipinski definition) is 5. The Labute approximate surface area is 151 Å². The van der Waals surface area contributed by atoms with Crippen molar-refractivity contribution in [3.05, 3.63) is 46.1 Å². The number of nitrogens with zero attached hydrogens (tertiary/aromatic N) is 4. The summed E-state index contributed by atoms with van der Waals surface area (Å²) in [6, 6.07) is 8.66. The van der Waals surface area contributed by atoms with Crippen LogP contribution in [0.4, 0.5) is 0 Å². The summed E-state index contributed by atoms with van der Waals surface area (Å²) in [5, 5.41) is 2.08. The fourth-order valence-corrected chi connectivity index (χ4v) is 3.93. The number of rotatable bonds is 3. The molecule has 0 saturated carbocycles. The van der Waals surface area contributed by atoms with Crippen molar-refractivity contribution in [2.24, 2.45) is 15.9 Å². The summed E-state index contributed by atoms with van der Waals surface area (Å²) in [7, 11) is 0. The van der Waals surface area contributed by atoms with Crippen LogP contribution in [-0.2, 0) is 6.54 Å². The molecule has 3 heterocycles. The van der Waals surface area contributed by atoms with E-state index < -0.39 is 0 Å². The van der Waals surface area contributed by atoms with Gasteiger partial charge < -0.3 is 0 Å². The molecule has 3 aliphatic rings. The number of hydrazine groups is 1. The molecule has 0 aromatic heterocycles. The normalized spacial score (nSPS) is 24.3. The summed E-state index contributed by atoms with van der Waals surface area (Å²) in [5.41, 5.74) is 7.07. The van der Waals surface area contributed by atoms with E-state index in [0.29, 0.717) is 12.6 Å². The van der Waals surface area contributed by atoms with Gasteiger partial charge in [-0.1, -0.05) is 28.1 Å². The Bertz CT molecular complexity index is 707. The van der Waals surface area contributed by atoms with E-state index in [0.717, 1.165) is 29.2 Å². The van der Waals surface area contributed by atoms with Crippen molar-refractivity contribution in [1.82, 2.24) is 15.3 Å². The topological polar surface area (TPSA) is 43.2 Å². The molecule has 4 rings (SSSR count). The molecular weight excluding hydrogens is 366 g/mol. The highest BCUT2D eigenvalue weighted by atomic mass is 79.9. The standard InChI is InChI=1S/C18H22BrN5/c1-13-9-17(24-18(22-13)20-12-21-24)15-3-2-8-23(11-15)10-14-4-6-16(19)7-5-14/h4-7,9,15,21H,2-3,8,10-12H2,1H3. The molecule has 0 radical (unpaired) electrons. The van der Waals surface area contributed by atoms with Gasteiger partial charge in [-0.3, -0.25) is 4.90 Å². The largest absolute Gasteiger partial charge is 0.298 e. The number of hydrogen-bond donors (Lipinski definition) is 1. The highest BCUT2D eigenvalue weighted by molar-refractivity contribution is 9.10. The molecule has 0 bridgehead atoms. The van der Waals surface area contributed by atoms with Crippen LogP contribution in [0, 0.1) is 5.92 Å². The Hall–Kier alpha value is -1.50. The van der Waals surface area contributed by atoms with Gasteiger partial charge in [0, 0.05) is 34.9 Å². The Morgan fingerprint density at radius 3 is 2.96 bits per heavy atom. The number of fused-ring (bicyclic) bond motifs is 1. The third kappa shape index (κ3) is 3.31. The monoisotopic (exact) mass is 387 g/mol. The fraction of sp³-hybridized carbons (Fsp3) is 0.444. The predicted octanol–water partition coefficient (Wildman–Crippen LogP) is 3.15. The Kier molecular flexibility index (Phi) is 4.52. The third-order valence-corrected chi connectivity index (χ3v) is 5.31. The summed E-state index contributed by atoms with van der Waals surface area (Å²) in [6.07, 6.45) is 4.67. The third-order valence-electron chi connectivity index (χ3n) is 4.78. The molecule has 1 fully saturated rings. The van der Waals surface area contributed by atoms with Crippen molar-refractivity contribution in [2.45, 2.75) is 26.3 Å². The maximum absolute atomic E-state index is 4.52. The van der Waals surface area contributed by atoms with Gasteiger partial charge in [0.1, 0.15) is 6.67 Å². The Morgan fingerprint density at radius 1 is 1.29 bits per heavy atom. The second-order valence-electron chi connectivity index (χ2n) is 6.63. The number of allylic oxidation sites excluding steroid dienone is 1. The number of guanidine groups is 1. The van der Waals surface area contributed by atoms with E-state index in [4.69, 9.17) is 0 Å². The maximum atomic E-state index is 4.52. The van der Waals surface area contributed by atoms with Crippen molar-refractivity contribution < 1.29 is 0 Å².